The molecule has 2 aromatic rings. The lowest BCUT2D eigenvalue weighted by Crippen LogP contribution is -2.58. The molecule has 4 rings (SSSR count). The molecule has 2 aromatic carbocycles. The number of halogens is 1. The summed E-state index contributed by atoms with van der Waals surface area (Å²) < 4.78 is 13.2. The number of amides is 4. The summed E-state index contributed by atoms with van der Waals surface area (Å²) >= 11 is 0. The molecule has 0 unspecified atom stereocenters. The lowest BCUT2D eigenvalue weighted by Gasteiger charge is -2.43. The molecule has 1 spiro atoms. The molecule has 8 nitrogen and oxygen atoms in total. The first-order valence-corrected chi connectivity index (χ1v) is 12.1. The summed E-state index contributed by atoms with van der Waals surface area (Å²) in [5.74, 6) is -0.840. The normalized spacial score (nSPS) is 17.1. The second-order valence-electron chi connectivity index (χ2n) is 9.07. The highest BCUT2D eigenvalue weighted by Gasteiger charge is 2.54. The van der Waals surface area contributed by atoms with E-state index in [9.17, 15) is 18.8 Å². The van der Waals surface area contributed by atoms with Gasteiger partial charge in [0, 0.05) is 31.0 Å². The van der Waals surface area contributed by atoms with Crippen molar-refractivity contribution in [2.75, 3.05) is 43.1 Å². The number of anilines is 2. The van der Waals surface area contributed by atoms with Crippen LogP contribution in [0.4, 0.5) is 20.6 Å². The van der Waals surface area contributed by atoms with E-state index in [1.54, 1.807) is 9.80 Å². The Hall–Kier alpha value is -3.62. The highest BCUT2D eigenvalue weighted by molar-refractivity contribution is 5.99. The van der Waals surface area contributed by atoms with E-state index in [0.717, 1.165) is 18.5 Å². The Balaban J connectivity index is 1.47. The highest BCUT2D eigenvalue weighted by atomic mass is 19.1. The predicted octanol–water partition coefficient (Wildman–Crippen LogP) is 3.41. The Morgan fingerprint density at radius 1 is 1.03 bits per heavy atom. The number of hydrogen-bond acceptors (Lipinski definition) is 4. The summed E-state index contributed by atoms with van der Waals surface area (Å²) in [6.07, 6.45) is 2.91. The van der Waals surface area contributed by atoms with Crippen molar-refractivity contribution in [2.45, 2.75) is 38.1 Å². The Labute approximate surface area is 205 Å². The molecule has 2 N–H and O–H groups in total. The first-order valence-electron chi connectivity index (χ1n) is 12.1. The fraction of sp³-hybridized carbons (Fsp3) is 0.423. The molecule has 0 aliphatic carbocycles. The van der Waals surface area contributed by atoms with Crippen LogP contribution < -0.4 is 15.5 Å². The zero-order chi connectivity index (χ0) is 24.8. The Morgan fingerprint density at radius 2 is 1.71 bits per heavy atom. The van der Waals surface area contributed by atoms with Gasteiger partial charge in [-0.15, -0.1) is 0 Å². The molecule has 0 bridgehead atoms. The molecular weight excluding hydrogens is 449 g/mol. The van der Waals surface area contributed by atoms with Crippen LogP contribution in [0.25, 0.3) is 0 Å². The molecule has 186 valence electrons. The molecule has 2 fully saturated rings. The fourth-order valence-electron chi connectivity index (χ4n) is 4.79. The third-order valence-corrected chi connectivity index (χ3v) is 6.73. The van der Waals surface area contributed by atoms with Crippen LogP contribution in [0.1, 0.15) is 32.6 Å². The van der Waals surface area contributed by atoms with Gasteiger partial charge in [-0.3, -0.25) is 9.59 Å². The number of nitrogens with one attached hydrogen (secondary N) is 2. The number of likely N-dealkylation sites (tertiary alicyclic amines) is 1. The van der Waals surface area contributed by atoms with Crippen LogP contribution in [0.5, 0.6) is 0 Å². The molecule has 2 aliphatic rings. The first kappa shape index (κ1) is 24.5. The molecule has 9 heteroatoms. The molecule has 0 radical (unpaired) electrons. The smallest absolute Gasteiger partial charge is 0.317 e. The van der Waals surface area contributed by atoms with Gasteiger partial charge in [0.25, 0.3) is 5.91 Å². The molecule has 2 saturated heterocycles. The minimum Gasteiger partial charge on any atom is -0.339 e. The van der Waals surface area contributed by atoms with Crippen molar-refractivity contribution in [1.29, 1.82) is 0 Å². The third-order valence-electron chi connectivity index (χ3n) is 6.73. The molecule has 2 aliphatic heterocycles. The van der Waals surface area contributed by atoms with Crippen molar-refractivity contribution in [3.05, 3.63) is 60.4 Å². The number of piperidine rings is 1. The summed E-state index contributed by atoms with van der Waals surface area (Å²) in [6, 6.07) is 15.1. The molecule has 35 heavy (non-hydrogen) atoms. The van der Waals surface area contributed by atoms with E-state index in [4.69, 9.17) is 0 Å². The summed E-state index contributed by atoms with van der Waals surface area (Å²) in [4.78, 5) is 44.4. The van der Waals surface area contributed by atoms with Gasteiger partial charge in [0.2, 0.25) is 5.91 Å². The average molecular weight is 482 g/mol. The Bertz CT molecular complexity index is 1040. The minimum absolute atomic E-state index is 0.0967. The number of urea groups is 1. The van der Waals surface area contributed by atoms with E-state index in [1.807, 2.05) is 30.3 Å². The van der Waals surface area contributed by atoms with Crippen LogP contribution in [-0.4, -0.2) is 66.0 Å². The summed E-state index contributed by atoms with van der Waals surface area (Å²) in [5, 5.41) is 5.68. The first-order chi connectivity index (χ1) is 16.9. The average Bonchev–Trinajstić information content (AvgIpc) is 3.12. The highest BCUT2D eigenvalue weighted by Crippen LogP contribution is 2.39. The zero-order valence-corrected chi connectivity index (χ0v) is 20.0. The summed E-state index contributed by atoms with van der Waals surface area (Å²) in [6.45, 7) is 3.81. The van der Waals surface area contributed by atoms with Gasteiger partial charge in [0.15, 0.2) is 0 Å². The number of unbranched alkanes of at least 4 members (excludes halogenated alkanes) is 1. The maximum Gasteiger partial charge on any atom is 0.317 e. The van der Waals surface area contributed by atoms with Gasteiger partial charge in [-0.25, -0.2) is 9.18 Å². The maximum absolute atomic E-state index is 13.7. The second kappa shape index (κ2) is 10.8. The lowest BCUT2D eigenvalue weighted by atomic mass is 9.85. The standard InChI is InChI=1S/C26H32FN5O3/c1-2-3-15-28-25(35)30-16-13-26(14-17-30)24(34)31(19-32(26)22-7-5-4-6-8-22)18-23(33)29-21-11-9-20(27)10-12-21/h4-12H,2-3,13-19H2,1H3,(H,28,35)(H,29,33). The topological polar surface area (TPSA) is 85.0 Å². The third kappa shape index (κ3) is 5.39. The Kier molecular flexibility index (Phi) is 7.53. The van der Waals surface area contributed by atoms with E-state index >= 15 is 0 Å². The van der Waals surface area contributed by atoms with Gasteiger partial charge in [-0.1, -0.05) is 31.5 Å². The van der Waals surface area contributed by atoms with Gasteiger partial charge in [0.05, 0.1) is 6.67 Å². The molecular formula is C26H32FN5O3. The molecule has 0 saturated carbocycles. The van der Waals surface area contributed by atoms with Crippen molar-refractivity contribution < 1.29 is 18.8 Å². The van der Waals surface area contributed by atoms with Crippen molar-refractivity contribution in [3.63, 3.8) is 0 Å². The number of carbonyl (C=O) groups is 3. The van der Waals surface area contributed by atoms with Crippen LogP contribution in [0.2, 0.25) is 0 Å². The molecule has 2 heterocycles. The van der Waals surface area contributed by atoms with E-state index in [2.05, 4.69) is 22.5 Å². The van der Waals surface area contributed by atoms with E-state index in [-0.39, 0.29) is 36.9 Å². The quantitative estimate of drug-likeness (QED) is 0.594. The van der Waals surface area contributed by atoms with Crippen LogP contribution in [0.3, 0.4) is 0 Å². The van der Waals surface area contributed by atoms with Crippen LogP contribution in [-0.2, 0) is 9.59 Å². The van der Waals surface area contributed by atoms with Crippen LogP contribution in [0, 0.1) is 5.82 Å². The predicted molar refractivity (Wildman–Crippen MR) is 132 cm³/mol. The van der Waals surface area contributed by atoms with Gasteiger partial charge in [0.1, 0.15) is 17.9 Å². The zero-order valence-electron chi connectivity index (χ0n) is 20.0. The monoisotopic (exact) mass is 481 g/mol. The number of rotatable bonds is 7. The molecule has 0 aromatic heterocycles. The Morgan fingerprint density at radius 3 is 2.37 bits per heavy atom. The summed E-state index contributed by atoms with van der Waals surface area (Å²) in [7, 11) is 0. The molecule has 0 atom stereocenters. The number of para-hydroxylation sites is 1. The number of carbonyl (C=O) groups excluding carboxylic acids is 3. The minimum atomic E-state index is -0.808. The fourth-order valence-corrected chi connectivity index (χ4v) is 4.79. The number of nitrogens with zero attached hydrogens (tertiary/aromatic N) is 3. The van der Waals surface area contributed by atoms with Crippen molar-refractivity contribution in [2.24, 2.45) is 0 Å². The van der Waals surface area contributed by atoms with Crippen molar-refractivity contribution in [1.82, 2.24) is 15.1 Å². The lowest BCUT2D eigenvalue weighted by molar-refractivity contribution is -0.136. The second-order valence-corrected chi connectivity index (χ2v) is 9.07. The van der Waals surface area contributed by atoms with E-state index in [0.29, 0.717) is 38.2 Å². The molecule has 4 amide bonds. The van der Waals surface area contributed by atoms with Crippen LogP contribution in [0.15, 0.2) is 54.6 Å². The SMILES string of the molecule is CCCCNC(=O)N1CCC2(CC1)C(=O)N(CC(=O)Nc1ccc(F)cc1)CN2c1ccccc1. The van der Waals surface area contributed by atoms with Crippen molar-refractivity contribution >= 4 is 29.2 Å². The van der Waals surface area contributed by atoms with Crippen LogP contribution >= 0.6 is 0 Å². The van der Waals surface area contributed by atoms with Gasteiger partial charge >= 0.3 is 6.03 Å². The summed E-state index contributed by atoms with van der Waals surface area (Å²) in [5.41, 5.74) is 0.570. The van der Waals surface area contributed by atoms with E-state index < -0.39 is 5.54 Å². The van der Waals surface area contributed by atoms with Crippen molar-refractivity contribution in [3.8, 4) is 0 Å². The number of benzene rings is 2. The maximum atomic E-state index is 13.7. The van der Waals surface area contributed by atoms with Gasteiger partial charge in [-0.05, 0) is 55.7 Å². The number of hydrogen-bond donors (Lipinski definition) is 2. The van der Waals surface area contributed by atoms with Gasteiger partial charge < -0.3 is 25.3 Å². The largest absolute Gasteiger partial charge is 0.339 e. The van der Waals surface area contributed by atoms with E-state index in [1.165, 1.54) is 24.3 Å². The van der Waals surface area contributed by atoms with Gasteiger partial charge in [-0.2, -0.15) is 0 Å².